The summed E-state index contributed by atoms with van der Waals surface area (Å²) in [6.45, 7) is 0.317. The van der Waals surface area contributed by atoms with Gasteiger partial charge in [0.25, 0.3) is 11.8 Å². The number of benzene rings is 2. The van der Waals surface area contributed by atoms with Gasteiger partial charge in [-0.15, -0.1) is 0 Å². The summed E-state index contributed by atoms with van der Waals surface area (Å²) < 4.78 is 10.9. The van der Waals surface area contributed by atoms with Crippen LogP contribution >= 0.6 is 0 Å². The van der Waals surface area contributed by atoms with Crippen molar-refractivity contribution in [1.29, 1.82) is 0 Å². The lowest BCUT2D eigenvalue weighted by Gasteiger charge is -2.25. The van der Waals surface area contributed by atoms with Gasteiger partial charge in [-0.2, -0.15) is 0 Å². The first kappa shape index (κ1) is 15.9. The summed E-state index contributed by atoms with van der Waals surface area (Å²) in [4.78, 5) is 24.2. The number of carbonyl (C=O) groups excluding carboxylic acids is 2. The van der Waals surface area contributed by atoms with Gasteiger partial charge in [-0.05, 0) is 24.3 Å². The van der Waals surface area contributed by atoms with Gasteiger partial charge in [0.15, 0.2) is 6.10 Å². The van der Waals surface area contributed by atoms with E-state index in [0.29, 0.717) is 35.7 Å². The van der Waals surface area contributed by atoms with E-state index >= 15 is 0 Å². The van der Waals surface area contributed by atoms with E-state index in [2.05, 4.69) is 10.6 Å². The first-order valence-electron chi connectivity index (χ1n) is 7.67. The molecule has 0 fully saturated rings. The third-order valence-corrected chi connectivity index (χ3v) is 3.75. The van der Waals surface area contributed by atoms with Crippen molar-refractivity contribution in [3.63, 3.8) is 0 Å². The van der Waals surface area contributed by atoms with E-state index in [0.717, 1.165) is 0 Å². The van der Waals surface area contributed by atoms with Crippen LogP contribution in [-0.4, -0.2) is 31.6 Å². The Labute approximate surface area is 139 Å². The topological polar surface area (TPSA) is 76.7 Å². The minimum atomic E-state index is -0.627. The van der Waals surface area contributed by atoms with Crippen molar-refractivity contribution in [1.82, 2.24) is 5.32 Å². The van der Waals surface area contributed by atoms with Crippen molar-refractivity contribution >= 4 is 17.5 Å². The van der Waals surface area contributed by atoms with Crippen molar-refractivity contribution in [2.24, 2.45) is 0 Å². The summed E-state index contributed by atoms with van der Waals surface area (Å²) >= 11 is 0. The Morgan fingerprint density at radius 2 is 1.96 bits per heavy atom. The Hall–Kier alpha value is -3.02. The normalized spacial score (nSPS) is 15.7. The second kappa shape index (κ2) is 7.04. The fourth-order valence-corrected chi connectivity index (χ4v) is 2.53. The van der Waals surface area contributed by atoms with Gasteiger partial charge in [-0.3, -0.25) is 9.59 Å². The number of para-hydroxylation sites is 3. The maximum atomic E-state index is 12.2. The number of hydrogen-bond acceptors (Lipinski definition) is 4. The molecule has 2 amide bonds. The Morgan fingerprint density at radius 1 is 1.21 bits per heavy atom. The molecule has 6 heteroatoms. The molecule has 1 unspecified atom stereocenters. The Morgan fingerprint density at radius 3 is 2.79 bits per heavy atom. The minimum absolute atomic E-state index is 0.208. The fraction of sp³-hybridized carbons (Fsp3) is 0.222. The maximum Gasteiger partial charge on any atom is 0.265 e. The quantitative estimate of drug-likeness (QED) is 0.883. The molecule has 1 aliphatic heterocycles. The van der Waals surface area contributed by atoms with Crippen LogP contribution in [-0.2, 0) is 4.79 Å². The number of carbonyl (C=O) groups is 2. The van der Waals surface area contributed by atoms with E-state index in [-0.39, 0.29) is 11.8 Å². The summed E-state index contributed by atoms with van der Waals surface area (Å²) in [5.41, 5.74) is 1.12. The highest BCUT2D eigenvalue weighted by Crippen LogP contribution is 2.29. The first-order chi connectivity index (χ1) is 11.7. The van der Waals surface area contributed by atoms with Crippen molar-refractivity contribution in [3.05, 3.63) is 54.1 Å². The van der Waals surface area contributed by atoms with Crippen LogP contribution in [0.2, 0.25) is 0 Å². The van der Waals surface area contributed by atoms with E-state index in [1.165, 1.54) is 7.11 Å². The van der Waals surface area contributed by atoms with Crippen molar-refractivity contribution < 1.29 is 19.1 Å². The molecule has 24 heavy (non-hydrogen) atoms. The number of methoxy groups -OCH3 is 1. The van der Waals surface area contributed by atoms with Crippen LogP contribution in [0.4, 0.5) is 5.69 Å². The number of nitrogens with one attached hydrogen (secondary N) is 2. The fourth-order valence-electron chi connectivity index (χ4n) is 2.53. The summed E-state index contributed by atoms with van der Waals surface area (Å²) in [7, 11) is 1.52. The largest absolute Gasteiger partial charge is 0.496 e. The molecule has 1 atom stereocenters. The number of ether oxygens (including phenoxy) is 2. The molecule has 2 N–H and O–H groups in total. The highest BCUT2D eigenvalue weighted by Gasteiger charge is 2.27. The maximum absolute atomic E-state index is 12.2. The lowest BCUT2D eigenvalue weighted by Crippen LogP contribution is -2.39. The van der Waals surface area contributed by atoms with E-state index in [9.17, 15) is 9.59 Å². The van der Waals surface area contributed by atoms with Gasteiger partial charge in [0.1, 0.15) is 11.5 Å². The van der Waals surface area contributed by atoms with Gasteiger partial charge < -0.3 is 20.1 Å². The highest BCUT2D eigenvalue weighted by atomic mass is 16.5. The number of rotatable bonds is 5. The van der Waals surface area contributed by atoms with Gasteiger partial charge >= 0.3 is 0 Å². The molecule has 0 bridgehead atoms. The van der Waals surface area contributed by atoms with Crippen LogP contribution in [0.5, 0.6) is 11.5 Å². The van der Waals surface area contributed by atoms with Gasteiger partial charge in [-0.25, -0.2) is 0 Å². The monoisotopic (exact) mass is 326 g/mol. The molecule has 1 aliphatic rings. The van der Waals surface area contributed by atoms with Crippen molar-refractivity contribution in [3.8, 4) is 11.5 Å². The van der Waals surface area contributed by atoms with Crippen LogP contribution in [0.1, 0.15) is 16.8 Å². The summed E-state index contributed by atoms with van der Waals surface area (Å²) in [5.74, 6) is 0.693. The summed E-state index contributed by atoms with van der Waals surface area (Å²) in [6, 6.07) is 14.2. The summed E-state index contributed by atoms with van der Waals surface area (Å²) in [6.07, 6.45) is -0.251. The molecule has 1 heterocycles. The third-order valence-electron chi connectivity index (χ3n) is 3.75. The zero-order valence-corrected chi connectivity index (χ0v) is 13.2. The van der Waals surface area contributed by atoms with Crippen LogP contribution in [0.3, 0.4) is 0 Å². The number of anilines is 1. The molecule has 0 radical (unpaired) electrons. The molecule has 0 saturated heterocycles. The average molecular weight is 326 g/mol. The van der Waals surface area contributed by atoms with Crippen molar-refractivity contribution in [2.75, 3.05) is 19.0 Å². The Bertz CT molecular complexity index is 760. The molecule has 2 aromatic carbocycles. The van der Waals surface area contributed by atoms with Gasteiger partial charge in [0.05, 0.1) is 18.4 Å². The SMILES string of the molecule is COc1ccccc1C(=O)NCCC1Oc2ccccc2NC1=O. The highest BCUT2D eigenvalue weighted by molar-refractivity contribution is 5.98. The Kier molecular flexibility index (Phi) is 4.65. The minimum Gasteiger partial charge on any atom is -0.496 e. The van der Waals surface area contributed by atoms with E-state index < -0.39 is 6.10 Å². The molecule has 3 rings (SSSR count). The number of amides is 2. The molecule has 2 aromatic rings. The smallest absolute Gasteiger partial charge is 0.265 e. The van der Waals surface area contributed by atoms with Crippen LogP contribution in [0.15, 0.2) is 48.5 Å². The zero-order chi connectivity index (χ0) is 16.9. The molecule has 6 nitrogen and oxygen atoms in total. The molecule has 0 aliphatic carbocycles. The van der Waals surface area contributed by atoms with Crippen molar-refractivity contribution in [2.45, 2.75) is 12.5 Å². The standard InChI is InChI=1S/C18H18N2O4/c1-23-14-8-4-2-6-12(14)17(21)19-11-10-16-18(22)20-13-7-3-5-9-15(13)24-16/h2-9,16H,10-11H2,1H3,(H,19,21)(H,20,22). The first-order valence-corrected chi connectivity index (χ1v) is 7.67. The second-order valence-electron chi connectivity index (χ2n) is 5.34. The molecule has 0 aromatic heterocycles. The molecule has 0 spiro atoms. The third kappa shape index (κ3) is 3.32. The predicted molar refractivity (Wildman–Crippen MR) is 89.4 cm³/mol. The van der Waals surface area contributed by atoms with E-state index in [1.54, 1.807) is 36.4 Å². The van der Waals surface area contributed by atoms with Crippen LogP contribution < -0.4 is 20.1 Å². The molecular formula is C18H18N2O4. The van der Waals surface area contributed by atoms with E-state index in [1.807, 2.05) is 12.1 Å². The van der Waals surface area contributed by atoms with Gasteiger partial charge in [0.2, 0.25) is 0 Å². The Balaban J connectivity index is 1.57. The zero-order valence-electron chi connectivity index (χ0n) is 13.2. The average Bonchev–Trinajstić information content (AvgIpc) is 2.62. The van der Waals surface area contributed by atoms with Crippen LogP contribution in [0, 0.1) is 0 Å². The molecule has 124 valence electrons. The summed E-state index contributed by atoms with van der Waals surface area (Å²) in [5, 5.41) is 5.59. The second-order valence-corrected chi connectivity index (χ2v) is 5.34. The molecule has 0 saturated carbocycles. The lowest BCUT2D eigenvalue weighted by atomic mass is 10.1. The van der Waals surface area contributed by atoms with Gasteiger partial charge in [0, 0.05) is 13.0 Å². The molecular weight excluding hydrogens is 308 g/mol. The van der Waals surface area contributed by atoms with Gasteiger partial charge in [-0.1, -0.05) is 24.3 Å². The predicted octanol–water partition coefficient (Wildman–Crippen LogP) is 2.21. The lowest BCUT2D eigenvalue weighted by molar-refractivity contribution is -0.123. The number of hydrogen-bond donors (Lipinski definition) is 2. The van der Waals surface area contributed by atoms with E-state index in [4.69, 9.17) is 9.47 Å². The van der Waals surface area contributed by atoms with Crippen LogP contribution in [0.25, 0.3) is 0 Å². The number of fused-ring (bicyclic) bond motifs is 1.